The molecule has 0 spiro atoms. The van der Waals surface area contributed by atoms with Crippen LogP contribution >= 0.6 is 11.3 Å². The Bertz CT molecular complexity index is 849. The van der Waals surface area contributed by atoms with Crippen molar-refractivity contribution in [1.82, 2.24) is 10.2 Å². The molecule has 1 heterocycles. The average Bonchev–Trinajstić information content (AvgIpc) is 2.95. The zero-order valence-electron chi connectivity index (χ0n) is 12.0. The number of hydrogen-bond donors (Lipinski definition) is 1. The number of aromatic nitrogens is 2. The number of nitrogens with zero attached hydrogens (tertiary/aromatic N) is 2. The number of sulfonamides is 1. The molecule has 1 N–H and O–H groups in total. The Labute approximate surface area is 138 Å². The molecule has 0 aliphatic carbocycles. The molecule has 0 saturated carbocycles. The summed E-state index contributed by atoms with van der Waals surface area (Å²) in [5.74, 6) is -0.559. The molecule has 0 saturated heterocycles. The van der Waals surface area contributed by atoms with E-state index in [0.717, 1.165) is 0 Å². The molecule has 7 nitrogen and oxygen atoms in total. The van der Waals surface area contributed by atoms with Gasteiger partial charge in [-0.05, 0) is 17.7 Å². The highest BCUT2D eigenvalue weighted by Gasteiger charge is 2.36. The van der Waals surface area contributed by atoms with Crippen LogP contribution in [0.15, 0.2) is 29.2 Å². The van der Waals surface area contributed by atoms with Gasteiger partial charge in [-0.1, -0.05) is 23.5 Å². The molecule has 130 valence electrons. The largest absolute Gasteiger partial charge is 0.469 e. The SMILES string of the molecule is COC(=O)Cc1cccc(S(=O)(=O)Nc2nnc(C(F)(F)F)s2)c1. The van der Waals surface area contributed by atoms with E-state index in [2.05, 4.69) is 14.9 Å². The summed E-state index contributed by atoms with van der Waals surface area (Å²) in [4.78, 5) is 11.0. The van der Waals surface area contributed by atoms with E-state index in [1.54, 1.807) is 0 Å². The third-order valence-corrected chi connectivity index (χ3v) is 5.02. The summed E-state index contributed by atoms with van der Waals surface area (Å²) in [7, 11) is -2.98. The number of rotatable bonds is 5. The van der Waals surface area contributed by atoms with Crippen molar-refractivity contribution in [2.75, 3.05) is 11.8 Å². The van der Waals surface area contributed by atoms with Gasteiger partial charge in [0.2, 0.25) is 10.1 Å². The lowest BCUT2D eigenvalue weighted by Gasteiger charge is -2.06. The Morgan fingerprint density at radius 2 is 2.04 bits per heavy atom. The lowest BCUT2D eigenvalue weighted by Crippen LogP contribution is -2.13. The zero-order valence-corrected chi connectivity index (χ0v) is 13.6. The fraction of sp³-hybridized carbons (Fsp3) is 0.250. The number of nitrogens with one attached hydrogen (secondary N) is 1. The predicted molar refractivity (Wildman–Crippen MR) is 77.9 cm³/mol. The summed E-state index contributed by atoms with van der Waals surface area (Å²) in [6, 6.07) is 5.36. The van der Waals surface area contributed by atoms with Crippen LogP contribution in [0.1, 0.15) is 10.6 Å². The molecule has 1 aromatic carbocycles. The monoisotopic (exact) mass is 381 g/mol. The number of hydrogen-bond acceptors (Lipinski definition) is 7. The number of carbonyl (C=O) groups excluding carboxylic acids is 1. The highest BCUT2D eigenvalue weighted by Crippen LogP contribution is 2.33. The predicted octanol–water partition coefficient (Wildman–Crippen LogP) is 2.07. The number of anilines is 1. The molecule has 24 heavy (non-hydrogen) atoms. The second kappa shape index (κ2) is 6.73. The first kappa shape index (κ1) is 18.1. The maximum Gasteiger partial charge on any atom is 0.445 e. The lowest BCUT2D eigenvalue weighted by atomic mass is 10.1. The number of methoxy groups -OCH3 is 1. The van der Waals surface area contributed by atoms with Crippen molar-refractivity contribution >= 4 is 32.5 Å². The minimum absolute atomic E-state index is 0.0682. The molecule has 2 aromatic rings. The zero-order chi connectivity index (χ0) is 18.0. The van der Waals surface area contributed by atoms with Crippen LogP contribution in [0.25, 0.3) is 0 Å². The minimum Gasteiger partial charge on any atom is -0.469 e. The van der Waals surface area contributed by atoms with E-state index < -0.39 is 32.3 Å². The van der Waals surface area contributed by atoms with Gasteiger partial charge in [-0.3, -0.25) is 9.52 Å². The normalized spacial score (nSPS) is 12.0. The van der Waals surface area contributed by atoms with Crippen LogP contribution in [0.3, 0.4) is 0 Å². The van der Waals surface area contributed by atoms with Gasteiger partial charge >= 0.3 is 12.1 Å². The summed E-state index contributed by atoms with van der Waals surface area (Å²) in [5.41, 5.74) is 0.373. The smallest absolute Gasteiger partial charge is 0.445 e. The van der Waals surface area contributed by atoms with Gasteiger partial charge in [0, 0.05) is 0 Å². The summed E-state index contributed by atoms with van der Waals surface area (Å²) < 4.78 is 68.2. The van der Waals surface area contributed by atoms with Crippen LogP contribution in [-0.2, 0) is 32.2 Å². The fourth-order valence-electron chi connectivity index (χ4n) is 1.61. The molecular formula is C12H10F3N3O4S2. The van der Waals surface area contributed by atoms with Gasteiger partial charge in [0.1, 0.15) is 0 Å². The van der Waals surface area contributed by atoms with Crippen molar-refractivity contribution in [1.29, 1.82) is 0 Å². The van der Waals surface area contributed by atoms with E-state index in [1.165, 1.54) is 31.4 Å². The van der Waals surface area contributed by atoms with E-state index >= 15 is 0 Å². The molecule has 12 heteroatoms. The highest BCUT2D eigenvalue weighted by molar-refractivity contribution is 7.93. The minimum atomic E-state index is -4.71. The van der Waals surface area contributed by atoms with Gasteiger partial charge < -0.3 is 4.74 Å². The molecule has 1 aromatic heterocycles. The highest BCUT2D eigenvalue weighted by atomic mass is 32.2. The van der Waals surface area contributed by atoms with E-state index in [-0.39, 0.29) is 22.7 Å². The van der Waals surface area contributed by atoms with Crippen LogP contribution in [0, 0.1) is 0 Å². The molecule has 0 fully saturated rings. The maximum atomic E-state index is 12.5. The standard InChI is InChI=1S/C12H10F3N3O4S2/c1-22-9(19)6-7-3-2-4-8(5-7)24(20,21)18-11-17-16-10(23-11)12(13,14)15/h2-5H,6H2,1H3,(H,17,18). The Morgan fingerprint density at radius 1 is 1.33 bits per heavy atom. The number of carbonyl (C=O) groups is 1. The van der Waals surface area contributed by atoms with E-state index in [9.17, 15) is 26.4 Å². The number of ether oxygens (including phenoxy) is 1. The molecule has 0 bridgehead atoms. The van der Waals surface area contributed by atoms with Crippen molar-refractivity contribution in [3.05, 3.63) is 34.8 Å². The van der Waals surface area contributed by atoms with Crippen LogP contribution < -0.4 is 4.72 Å². The molecule has 0 aliphatic rings. The van der Waals surface area contributed by atoms with Gasteiger partial charge in [0.25, 0.3) is 10.0 Å². The van der Waals surface area contributed by atoms with E-state index in [0.29, 0.717) is 5.56 Å². The van der Waals surface area contributed by atoms with Gasteiger partial charge in [0.05, 0.1) is 18.4 Å². The van der Waals surface area contributed by atoms with Gasteiger partial charge in [-0.15, -0.1) is 10.2 Å². The third-order valence-electron chi connectivity index (χ3n) is 2.67. The maximum absolute atomic E-state index is 12.5. The van der Waals surface area contributed by atoms with Crippen LogP contribution in [0.2, 0.25) is 0 Å². The number of alkyl halides is 3. The second-order valence-corrected chi connectivity index (χ2v) is 7.08. The van der Waals surface area contributed by atoms with E-state index in [1.807, 2.05) is 4.72 Å². The van der Waals surface area contributed by atoms with Crippen molar-refractivity contribution in [3.63, 3.8) is 0 Å². The van der Waals surface area contributed by atoms with Gasteiger partial charge in [-0.25, -0.2) is 8.42 Å². The Hall–Kier alpha value is -2.21. The number of esters is 1. The second-order valence-electron chi connectivity index (χ2n) is 4.42. The van der Waals surface area contributed by atoms with E-state index in [4.69, 9.17) is 0 Å². The first-order valence-electron chi connectivity index (χ1n) is 6.21. The first-order valence-corrected chi connectivity index (χ1v) is 8.51. The van der Waals surface area contributed by atoms with Crippen molar-refractivity contribution in [2.45, 2.75) is 17.5 Å². The topological polar surface area (TPSA) is 98.2 Å². The fourth-order valence-corrected chi connectivity index (χ4v) is 3.53. The van der Waals surface area contributed by atoms with Crippen LogP contribution in [0.4, 0.5) is 18.3 Å². The van der Waals surface area contributed by atoms with Gasteiger partial charge in [-0.2, -0.15) is 13.2 Å². The third kappa shape index (κ3) is 4.41. The Balaban J connectivity index is 2.23. The Morgan fingerprint density at radius 3 is 2.62 bits per heavy atom. The molecule has 2 rings (SSSR count). The summed E-state index contributed by atoms with van der Waals surface area (Å²) in [6.07, 6.45) is -4.85. The summed E-state index contributed by atoms with van der Waals surface area (Å²) in [6.45, 7) is 0. The van der Waals surface area contributed by atoms with Crippen LogP contribution in [0.5, 0.6) is 0 Å². The first-order chi connectivity index (χ1) is 11.1. The molecule has 0 amide bonds. The number of halogens is 3. The van der Waals surface area contributed by atoms with Crippen LogP contribution in [-0.4, -0.2) is 31.7 Å². The van der Waals surface area contributed by atoms with Crippen molar-refractivity contribution in [3.8, 4) is 0 Å². The summed E-state index contributed by atoms with van der Waals surface area (Å²) in [5, 5.41) is 4.27. The molecule has 0 aliphatic heterocycles. The molecule has 0 unspecified atom stereocenters. The average molecular weight is 381 g/mol. The molecule has 0 atom stereocenters. The quantitative estimate of drug-likeness (QED) is 0.797. The van der Waals surface area contributed by atoms with Gasteiger partial charge in [0.15, 0.2) is 0 Å². The van der Waals surface area contributed by atoms with Crippen molar-refractivity contribution < 1.29 is 31.1 Å². The number of benzene rings is 1. The lowest BCUT2D eigenvalue weighted by molar-refractivity contribution is -0.140. The van der Waals surface area contributed by atoms with Crippen molar-refractivity contribution in [2.24, 2.45) is 0 Å². The Kier molecular flexibility index (Phi) is 5.08. The summed E-state index contributed by atoms with van der Waals surface area (Å²) >= 11 is 0.0682. The molecular weight excluding hydrogens is 371 g/mol. The molecule has 0 radical (unpaired) electrons.